The summed E-state index contributed by atoms with van der Waals surface area (Å²) in [5.41, 5.74) is 9.73. The van der Waals surface area contributed by atoms with Crippen molar-refractivity contribution < 1.29 is 18.3 Å². The summed E-state index contributed by atoms with van der Waals surface area (Å²) < 4.78 is 34.7. The van der Waals surface area contributed by atoms with Crippen LogP contribution < -0.4 is 5.73 Å². The van der Waals surface area contributed by atoms with Gasteiger partial charge in [-0.15, -0.1) is 0 Å². The van der Waals surface area contributed by atoms with Gasteiger partial charge in [0.05, 0.1) is 5.69 Å². The van der Waals surface area contributed by atoms with Gasteiger partial charge in [-0.05, 0) is 55.5 Å². The Kier molecular flexibility index (Phi) is 5.24. The third-order valence-corrected chi connectivity index (χ3v) is 7.15. The van der Waals surface area contributed by atoms with Gasteiger partial charge in [-0.1, -0.05) is 37.3 Å². The van der Waals surface area contributed by atoms with Crippen molar-refractivity contribution in [2.24, 2.45) is 23.5 Å². The lowest BCUT2D eigenvalue weighted by Gasteiger charge is -2.45. The quantitative estimate of drug-likeness (QED) is 0.707. The Labute approximate surface area is 181 Å². The zero-order valence-electron chi connectivity index (χ0n) is 18.2. The van der Waals surface area contributed by atoms with Crippen LogP contribution in [0.4, 0.5) is 8.78 Å². The van der Waals surface area contributed by atoms with Crippen molar-refractivity contribution in [1.82, 2.24) is 4.98 Å². The van der Waals surface area contributed by atoms with Crippen LogP contribution in [0.5, 0.6) is 0 Å². The maximum atomic E-state index is 14.7. The molecule has 31 heavy (non-hydrogen) atoms. The number of halogens is 2. The lowest BCUT2D eigenvalue weighted by Crippen LogP contribution is -2.62. The first-order valence-corrected chi connectivity index (χ1v) is 10.6. The number of hydrogen-bond acceptors (Lipinski definition) is 4. The Morgan fingerprint density at radius 2 is 1.94 bits per heavy atom. The molecule has 0 spiro atoms. The van der Waals surface area contributed by atoms with Crippen LogP contribution >= 0.6 is 0 Å². The zero-order valence-corrected chi connectivity index (χ0v) is 18.2. The molecule has 4 nitrogen and oxygen atoms in total. The SMILES string of the molecule is Cc1cccc(-c2ccc(/C=C/[C@@H]3[C@@H]4[C@@H](C)OC(=O)[C@]4(N)CC(F)(F)[C@H]3C)nc2)c1C. The lowest BCUT2D eigenvalue weighted by molar-refractivity contribution is -0.155. The molecule has 2 N–H and O–H groups in total. The second-order valence-electron chi connectivity index (χ2n) is 9.06. The normalized spacial score (nSPS) is 32.2. The largest absolute Gasteiger partial charge is 0.461 e. The first kappa shape index (κ1) is 21.6. The Balaban J connectivity index is 1.62. The standard InChI is InChI=1S/C25H28F2N2O2/c1-14-6-5-7-20(15(14)2)18-8-9-19(29-12-18)10-11-21-16(3)25(26,27)13-24(28)22(21)17(4)31-23(24)30/h5-12,16-17,21-22H,13,28H2,1-4H3/b11-10+/t16-,17+,21-,22-,24-/m0/s1. The van der Waals surface area contributed by atoms with Crippen LogP contribution in [0, 0.1) is 31.6 Å². The molecule has 2 aliphatic rings. The summed E-state index contributed by atoms with van der Waals surface area (Å²) in [5.74, 6) is -5.85. The van der Waals surface area contributed by atoms with Crippen LogP contribution in [0.15, 0.2) is 42.6 Å². The fourth-order valence-electron chi connectivity index (χ4n) is 5.12. The number of aryl methyl sites for hydroxylation is 1. The average molecular weight is 427 g/mol. The summed E-state index contributed by atoms with van der Waals surface area (Å²) in [4.78, 5) is 16.8. The summed E-state index contributed by atoms with van der Waals surface area (Å²) in [6, 6.07) is 9.99. The second kappa shape index (κ2) is 7.52. The number of nitrogens with two attached hydrogens (primary N) is 1. The van der Waals surface area contributed by atoms with Crippen LogP contribution in [-0.2, 0) is 9.53 Å². The number of aromatic nitrogens is 1. The van der Waals surface area contributed by atoms with Crippen molar-refractivity contribution >= 4 is 12.0 Å². The summed E-state index contributed by atoms with van der Waals surface area (Å²) >= 11 is 0. The number of carbonyl (C=O) groups is 1. The van der Waals surface area contributed by atoms with E-state index in [1.807, 2.05) is 18.2 Å². The van der Waals surface area contributed by atoms with E-state index in [-0.39, 0.29) is 0 Å². The van der Waals surface area contributed by atoms with Crippen molar-refractivity contribution in [2.45, 2.75) is 51.7 Å². The fraction of sp³-hybridized carbons (Fsp3) is 0.440. The highest BCUT2D eigenvalue weighted by molar-refractivity contribution is 5.84. The molecule has 1 aliphatic carbocycles. The van der Waals surface area contributed by atoms with Gasteiger partial charge in [-0.2, -0.15) is 0 Å². The van der Waals surface area contributed by atoms with Gasteiger partial charge in [-0.3, -0.25) is 9.78 Å². The number of alkyl halides is 2. The number of hydrogen-bond donors (Lipinski definition) is 1. The minimum absolute atomic E-state index is 0.500. The Morgan fingerprint density at radius 3 is 2.61 bits per heavy atom. The minimum atomic E-state index is -3.05. The van der Waals surface area contributed by atoms with E-state index in [0.29, 0.717) is 5.69 Å². The van der Waals surface area contributed by atoms with Crippen molar-refractivity contribution in [3.05, 3.63) is 59.4 Å². The lowest BCUT2D eigenvalue weighted by atomic mass is 9.61. The van der Waals surface area contributed by atoms with E-state index in [1.54, 1.807) is 25.3 Å². The van der Waals surface area contributed by atoms with E-state index in [4.69, 9.17) is 10.5 Å². The number of rotatable bonds is 3. The molecule has 0 radical (unpaired) electrons. The van der Waals surface area contributed by atoms with Crippen molar-refractivity contribution in [3.8, 4) is 11.1 Å². The molecule has 2 fully saturated rings. The molecule has 164 valence electrons. The van der Waals surface area contributed by atoms with E-state index in [1.165, 1.54) is 18.1 Å². The molecule has 1 aromatic heterocycles. The highest BCUT2D eigenvalue weighted by Crippen LogP contribution is 2.53. The van der Waals surface area contributed by atoms with E-state index >= 15 is 0 Å². The van der Waals surface area contributed by atoms with Crippen LogP contribution in [-0.4, -0.2) is 28.5 Å². The third-order valence-electron chi connectivity index (χ3n) is 7.15. The first-order chi connectivity index (χ1) is 14.5. The van der Waals surface area contributed by atoms with Gasteiger partial charge in [0.25, 0.3) is 5.92 Å². The first-order valence-electron chi connectivity index (χ1n) is 10.6. The summed E-state index contributed by atoms with van der Waals surface area (Å²) in [5, 5.41) is 0. The number of allylic oxidation sites excluding steroid dienone is 1. The molecular formula is C25H28F2N2O2. The van der Waals surface area contributed by atoms with Gasteiger partial charge >= 0.3 is 5.97 Å². The molecule has 2 aromatic rings. The Hall–Kier alpha value is -2.60. The number of nitrogens with zero attached hydrogens (tertiary/aromatic N) is 1. The average Bonchev–Trinajstić information content (AvgIpc) is 2.92. The van der Waals surface area contributed by atoms with Crippen LogP contribution in [0.3, 0.4) is 0 Å². The van der Waals surface area contributed by atoms with Gasteiger partial charge in [0, 0.05) is 30.0 Å². The van der Waals surface area contributed by atoms with Crippen molar-refractivity contribution in [3.63, 3.8) is 0 Å². The van der Waals surface area contributed by atoms with Gasteiger partial charge in [0.2, 0.25) is 0 Å². The van der Waals surface area contributed by atoms with E-state index < -0.39 is 47.7 Å². The molecule has 0 amide bonds. The summed E-state index contributed by atoms with van der Waals surface area (Å²) in [6.45, 7) is 7.39. The molecule has 2 heterocycles. The van der Waals surface area contributed by atoms with E-state index in [9.17, 15) is 13.6 Å². The molecule has 1 aromatic carbocycles. The maximum absolute atomic E-state index is 14.7. The van der Waals surface area contributed by atoms with E-state index in [0.717, 1.165) is 11.1 Å². The van der Waals surface area contributed by atoms with Crippen LogP contribution in [0.25, 0.3) is 17.2 Å². The molecule has 1 aliphatic heterocycles. The molecular weight excluding hydrogens is 398 g/mol. The Bertz CT molecular complexity index is 1030. The van der Waals surface area contributed by atoms with Gasteiger partial charge in [0.15, 0.2) is 0 Å². The third kappa shape index (κ3) is 3.57. The Morgan fingerprint density at radius 1 is 1.19 bits per heavy atom. The van der Waals surface area contributed by atoms with Crippen molar-refractivity contribution in [2.75, 3.05) is 0 Å². The smallest absolute Gasteiger partial charge is 0.327 e. The summed E-state index contributed by atoms with van der Waals surface area (Å²) in [6.07, 6.45) is 4.07. The molecule has 0 bridgehead atoms. The number of ether oxygens (including phenoxy) is 1. The maximum Gasteiger partial charge on any atom is 0.327 e. The van der Waals surface area contributed by atoms with Gasteiger partial charge < -0.3 is 10.5 Å². The summed E-state index contributed by atoms with van der Waals surface area (Å²) in [7, 11) is 0. The molecule has 1 saturated heterocycles. The number of cyclic esters (lactones) is 1. The second-order valence-corrected chi connectivity index (χ2v) is 9.06. The number of carbonyl (C=O) groups excluding carboxylic acids is 1. The molecule has 1 saturated carbocycles. The highest BCUT2D eigenvalue weighted by atomic mass is 19.3. The zero-order chi connectivity index (χ0) is 22.6. The topological polar surface area (TPSA) is 65.2 Å². The molecule has 0 unspecified atom stereocenters. The van der Waals surface area contributed by atoms with Crippen LogP contribution in [0.2, 0.25) is 0 Å². The monoisotopic (exact) mass is 426 g/mol. The van der Waals surface area contributed by atoms with Crippen LogP contribution in [0.1, 0.15) is 37.1 Å². The number of pyridine rings is 1. The van der Waals surface area contributed by atoms with Gasteiger partial charge in [-0.25, -0.2) is 8.78 Å². The number of fused-ring (bicyclic) bond motifs is 1. The van der Waals surface area contributed by atoms with Gasteiger partial charge in [0.1, 0.15) is 11.6 Å². The fourth-order valence-corrected chi connectivity index (χ4v) is 5.12. The highest BCUT2D eigenvalue weighted by Gasteiger charge is 2.66. The number of benzene rings is 1. The predicted molar refractivity (Wildman–Crippen MR) is 116 cm³/mol. The minimum Gasteiger partial charge on any atom is -0.461 e. The van der Waals surface area contributed by atoms with E-state index in [2.05, 4.69) is 31.0 Å². The number of esters is 1. The molecule has 4 rings (SSSR count). The predicted octanol–water partition coefficient (Wildman–Crippen LogP) is 4.93. The molecule has 5 atom stereocenters. The molecule has 6 heteroatoms. The van der Waals surface area contributed by atoms with Crippen molar-refractivity contribution in [1.29, 1.82) is 0 Å².